The predicted octanol–water partition coefficient (Wildman–Crippen LogP) is 1.79. The molecule has 3 aromatic rings. The number of hydrogen-bond donors (Lipinski definition) is 3. The number of nitrogens with zero attached hydrogens (tertiary/aromatic N) is 4. The van der Waals surface area contributed by atoms with E-state index in [2.05, 4.69) is 20.5 Å². The van der Waals surface area contributed by atoms with Gasteiger partial charge in [-0.25, -0.2) is 9.80 Å². The first kappa shape index (κ1) is 26.9. The van der Waals surface area contributed by atoms with E-state index in [9.17, 15) is 19.5 Å². The lowest BCUT2D eigenvalue weighted by Gasteiger charge is -2.24. The number of nitrogens with one attached hydrogen (secondary N) is 1. The van der Waals surface area contributed by atoms with E-state index in [0.29, 0.717) is 15.6 Å². The van der Waals surface area contributed by atoms with Crippen molar-refractivity contribution in [3.8, 4) is 11.1 Å². The molecule has 3 rings (SSSR count). The minimum Gasteiger partial charge on any atom is -0.479 e. The fraction of sp³-hybridized carbons (Fsp3) is 0.227. The summed E-state index contributed by atoms with van der Waals surface area (Å²) < 4.78 is 4.61. The Labute approximate surface area is 214 Å². The maximum absolute atomic E-state index is 12.6. The first-order valence-electron chi connectivity index (χ1n) is 10.3. The fourth-order valence-corrected chi connectivity index (χ4v) is 3.34. The molecular formula is C22H21Cl2N5O7. The number of amides is 1. The summed E-state index contributed by atoms with van der Waals surface area (Å²) in [4.78, 5) is 40.4. The Bertz CT molecular complexity index is 1240. The molecule has 2 aromatic carbocycles. The molecule has 0 bridgehead atoms. The molecule has 0 aliphatic heterocycles. The largest absolute Gasteiger partial charge is 0.479 e. The quantitative estimate of drug-likeness (QED) is 0.187. The second-order valence-corrected chi connectivity index (χ2v) is 8.23. The number of carbonyl (C=O) groups excluding carboxylic acids is 2. The molecule has 0 aliphatic rings. The zero-order valence-electron chi connectivity index (χ0n) is 18.8. The van der Waals surface area contributed by atoms with Crippen molar-refractivity contribution in [2.24, 2.45) is 0 Å². The van der Waals surface area contributed by atoms with Crippen molar-refractivity contribution in [3.05, 3.63) is 70.0 Å². The van der Waals surface area contributed by atoms with E-state index in [1.165, 1.54) is 11.9 Å². The van der Waals surface area contributed by atoms with Crippen LogP contribution in [0.3, 0.4) is 0 Å². The monoisotopic (exact) mass is 537 g/mol. The number of hydrogen-bond acceptors (Lipinski definition) is 9. The molecule has 1 heterocycles. The van der Waals surface area contributed by atoms with Crippen LogP contribution < -0.4 is 10.3 Å². The summed E-state index contributed by atoms with van der Waals surface area (Å²) in [6.45, 7) is 0.396. The van der Waals surface area contributed by atoms with Gasteiger partial charge in [0, 0.05) is 29.1 Å². The number of esters is 1. The number of hydrazine groups is 1. The van der Waals surface area contributed by atoms with Crippen LogP contribution in [0.2, 0.25) is 10.0 Å². The molecule has 0 aliphatic carbocycles. The van der Waals surface area contributed by atoms with Gasteiger partial charge >= 0.3 is 11.9 Å². The van der Waals surface area contributed by atoms with Crippen molar-refractivity contribution in [1.82, 2.24) is 25.6 Å². The Morgan fingerprint density at radius 2 is 1.89 bits per heavy atom. The second kappa shape index (κ2) is 12.3. The number of carboxylic acid groups (broad SMARTS) is 1. The number of carboxylic acids is 1. The lowest BCUT2D eigenvalue weighted by molar-refractivity contribution is -0.155. The summed E-state index contributed by atoms with van der Waals surface area (Å²) in [6.07, 6.45) is -0.633. The van der Waals surface area contributed by atoms with Gasteiger partial charge < -0.3 is 19.8 Å². The van der Waals surface area contributed by atoms with Gasteiger partial charge in [0.05, 0.1) is 6.54 Å². The molecule has 1 unspecified atom stereocenters. The summed E-state index contributed by atoms with van der Waals surface area (Å²) in [6, 6.07) is 12.2. The molecular weight excluding hydrogens is 517 g/mol. The first-order valence-corrected chi connectivity index (χ1v) is 11.1. The molecule has 0 fully saturated rings. The van der Waals surface area contributed by atoms with Crippen molar-refractivity contribution in [2.45, 2.75) is 19.6 Å². The van der Waals surface area contributed by atoms with Gasteiger partial charge in [-0.05, 0) is 34.5 Å². The molecule has 0 saturated carbocycles. The van der Waals surface area contributed by atoms with Crippen LogP contribution in [0.4, 0.5) is 0 Å². The number of aromatic nitrogens is 3. The molecule has 3 N–H and O–H groups in total. The lowest BCUT2D eigenvalue weighted by Crippen LogP contribution is -2.47. The maximum atomic E-state index is 12.6. The summed E-state index contributed by atoms with van der Waals surface area (Å²) in [5.41, 5.74) is 4.56. The van der Waals surface area contributed by atoms with Gasteiger partial charge in [0.1, 0.15) is 6.20 Å². The summed E-state index contributed by atoms with van der Waals surface area (Å²) in [5.74, 6) is -2.76. The number of aliphatic hydroxyl groups excluding tert-OH is 1. The summed E-state index contributed by atoms with van der Waals surface area (Å²) >= 11 is 12.3. The summed E-state index contributed by atoms with van der Waals surface area (Å²) in [7, 11) is 0. The van der Waals surface area contributed by atoms with Gasteiger partial charge in [-0.1, -0.05) is 52.3 Å². The molecule has 1 atom stereocenters. The second-order valence-electron chi connectivity index (χ2n) is 7.39. The van der Waals surface area contributed by atoms with Crippen molar-refractivity contribution in [3.63, 3.8) is 0 Å². The Morgan fingerprint density at radius 3 is 2.56 bits per heavy atom. The predicted molar refractivity (Wildman–Crippen MR) is 127 cm³/mol. The Kier molecular flexibility index (Phi) is 9.19. The zero-order chi connectivity index (χ0) is 26.2. The molecule has 190 valence electrons. The fourth-order valence-electron chi connectivity index (χ4n) is 2.95. The minimum absolute atomic E-state index is 0.0523. The smallest absolute Gasteiger partial charge is 0.333 e. The average Bonchev–Trinajstić information content (AvgIpc) is 3.30. The number of aliphatic hydroxyl groups is 1. The average molecular weight is 538 g/mol. The minimum atomic E-state index is -1.77. The van der Waals surface area contributed by atoms with Crippen molar-refractivity contribution in [2.75, 3.05) is 13.3 Å². The molecule has 14 heteroatoms. The number of ether oxygens (including phenoxy) is 1. The van der Waals surface area contributed by atoms with Crippen LogP contribution in [0, 0.1) is 0 Å². The highest BCUT2D eigenvalue weighted by molar-refractivity contribution is 6.35. The number of rotatable bonds is 11. The Balaban J connectivity index is 1.71. The number of aliphatic carboxylic acids is 1. The van der Waals surface area contributed by atoms with Crippen LogP contribution in [0.25, 0.3) is 11.1 Å². The van der Waals surface area contributed by atoms with Crippen LogP contribution in [0.5, 0.6) is 0 Å². The van der Waals surface area contributed by atoms with Crippen LogP contribution in [-0.4, -0.2) is 67.7 Å². The van der Waals surface area contributed by atoms with Gasteiger partial charge in [-0.2, -0.15) is 0 Å². The Morgan fingerprint density at radius 1 is 1.17 bits per heavy atom. The van der Waals surface area contributed by atoms with E-state index in [1.54, 1.807) is 42.5 Å². The molecule has 0 spiro atoms. The van der Waals surface area contributed by atoms with Crippen molar-refractivity contribution < 1.29 is 34.2 Å². The van der Waals surface area contributed by atoms with Gasteiger partial charge in [-0.15, -0.1) is 5.10 Å². The third kappa shape index (κ3) is 7.65. The lowest BCUT2D eigenvalue weighted by atomic mass is 10.0. The van der Waals surface area contributed by atoms with E-state index in [1.807, 2.05) is 0 Å². The zero-order valence-corrected chi connectivity index (χ0v) is 20.3. The highest BCUT2D eigenvalue weighted by Gasteiger charge is 2.22. The number of benzene rings is 2. The normalized spacial score (nSPS) is 11.7. The molecule has 0 saturated heterocycles. The van der Waals surface area contributed by atoms with E-state index in [-0.39, 0.29) is 12.2 Å². The highest BCUT2D eigenvalue weighted by atomic mass is 35.5. The van der Waals surface area contributed by atoms with Gasteiger partial charge in [-0.3, -0.25) is 15.0 Å². The third-order valence-electron chi connectivity index (χ3n) is 4.66. The highest BCUT2D eigenvalue weighted by Crippen LogP contribution is 2.30. The van der Waals surface area contributed by atoms with Crippen LogP contribution in [0.15, 0.2) is 48.7 Å². The van der Waals surface area contributed by atoms with E-state index >= 15 is 0 Å². The molecule has 12 nitrogen and oxygen atoms in total. The first-order chi connectivity index (χ1) is 17.1. The van der Waals surface area contributed by atoms with Crippen molar-refractivity contribution >= 4 is 41.0 Å². The van der Waals surface area contributed by atoms with Gasteiger partial charge in [0.25, 0.3) is 12.7 Å². The van der Waals surface area contributed by atoms with Crippen LogP contribution in [-0.2, 0) is 20.9 Å². The maximum Gasteiger partial charge on any atom is 0.333 e. The van der Waals surface area contributed by atoms with Crippen molar-refractivity contribution in [1.29, 1.82) is 0 Å². The number of halogens is 2. The topological polar surface area (TPSA) is 156 Å². The van der Waals surface area contributed by atoms with E-state index < -0.39 is 37.3 Å². The van der Waals surface area contributed by atoms with Gasteiger partial charge in [0.15, 0.2) is 11.8 Å². The molecule has 36 heavy (non-hydrogen) atoms. The standard InChI is InChI=1S/C22H21Cl2N5O7/c1-13(30)35-12-36-29-10-19(25-27-29)21(32)26-28(11-20(31)22(33)34)9-14-2-4-15(5-3-14)17-8-16(23)6-7-18(17)24/h2-8,10,20,31H,9,11-12H2,1H3,(H,26,32)(H,33,34). The SMILES string of the molecule is CC(=O)OCOn1cc(C(=O)NN(Cc2ccc(-c3cc(Cl)ccc3Cl)cc2)CC(O)C(=O)O)nn1. The Hall–Kier alpha value is -3.71. The van der Waals surface area contributed by atoms with E-state index in [0.717, 1.165) is 22.2 Å². The molecule has 0 radical (unpaired) electrons. The number of carbonyl (C=O) groups is 3. The van der Waals surface area contributed by atoms with E-state index in [4.69, 9.17) is 33.1 Å². The van der Waals surface area contributed by atoms with Crippen LogP contribution >= 0.6 is 23.2 Å². The van der Waals surface area contributed by atoms with Gasteiger partial charge in [0.2, 0.25) is 0 Å². The summed E-state index contributed by atoms with van der Waals surface area (Å²) in [5, 5.41) is 28.4. The molecule has 1 aromatic heterocycles. The molecule has 1 amide bonds. The van der Waals surface area contributed by atoms with Crippen LogP contribution in [0.1, 0.15) is 23.0 Å². The third-order valence-corrected chi connectivity index (χ3v) is 5.22.